The van der Waals surface area contributed by atoms with Gasteiger partial charge in [0, 0.05) is 25.8 Å². The van der Waals surface area contributed by atoms with Crippen molar-refractivity contribution >= 4 is 0 Å². The first-order valence-electron chi connectivity index (χ1n) is 4.60. The minimum Gasteiger partial charge on any atom is -0.381 e. The number of hydrogen-bond acceptors (Lipinski definition) is 3. The number of nitrogens with two attached hydrogens (primary N) is 1. The highest BCUT2D eigenvalue weighted by Gasteiger charge is 2.25. The van der Waals surface area contributed by atoms with E-state index in [0.29, 0.717) is 5.92 Å². The molecule has 0 spiro atoms. The van der Waals surface area contributed by atoms with Crippen LogP contribution in [-0.4, -0.2) is 23.0 Å². The van der Waals surface area contributed by atoms with Crippen LogP contribution < -0.4 is 5.73 Å². The van der Waals surface area contributed by atoms with Crippen LogP contribution in [0.3, 0.4) is 0 Å². The zero-order chi connectivity index (χ0) is 9.26. The Morgan fingerprint density at radius 2 is 2.62 bits per heavy atom. The number of aromatic nitrogens is 2. The molecule has 4 heteroatoms. The van der Waals surface area contributed by atoms with Gasteiger partial charge in [0.05, 0.1) is 18.3 Å². The van der Waals surface area contributed by atoms with Crippen LogP contribution in [0.2, 0.25) is 0 Å². The topological polar surface area (TPSA) is 53.1 Å². The molecule has 2 N–H and O–H groups in total. The molecule has 2 rings (SSSR count). The van der Waals surface area contributed by atoms with Crippen molar-refractivity contribution in [1.82, 2.24) is 9.78 Å². The summed E-state index contributed by atoms with van der Waals surface area (Å²) < 4.78 is 7.07. The fraction of sp³-hybridized carbons (Fsp3) is 0.667. The van der Waals surface area contributed by atoms with Gasteiger partial charge in [0.1, 0.15) is 0 Å². The highest BCUT2D eigenvalue weighted by Crippen LogP contribution is 2.25. The second-order valence-electron chi connectivity index (χ2n) is 3.56. The third kappa shape index (κ3) is 1.73. The molecule has 0 aliphatic carbocycles. The molecule has 0 radical (unpaired) electrons. The van der Waals surface area contributed by atoms with Crippen LogP contribution in [0.15, 0.2) is 12.3 Å². The van der Waals surface area contributed by atoms with Gasteiger partial charge in [0.15, 0.2) is 0 Å². The molecule has 1 fully saturated rings. The monoisotopic (exact) mass is 181 g/mol. The van der Waals surface area contributed by atoms with Gasteiger partial charge >= 0.3 is 0 Å². The maximum Gasteiger partial charge on any atom is 0.0795 e. The summed E-state index contributed by atoms with van der Waals surface area (Å²) in [6.45, 7) is 1.61. The number of aryl methyl sites for hydroxylation is 1. The van der Waals surface area contributed by atoms with Gasteiger partial charge in [-0.25, -0.2) is 0 Å². The minimum absolute atomic E-state index is 0.0312. The first-order chi connectivity index (χ1) is 6.27. The van der Waals surface area contributed by atoms with E-state index in [0.717, 1.165) is 25.3 Å². The molecule has 0 saturated carbocycles. The average molecular weight is 181 g/mol. The van der Waals surface area contributed by atoms with Crippen LogP contribution >= 0.6 is 0 Å². The lowest BCUT2D eigenvalue weighted by Crippen LogP contribution is -2.22. The highest BCUT2D eigenvalue weighted by atomic mass is 16.5. The van der Waals surface area contributed by atoms with E-state index in [2.05, 4.69) is 5.10 Å². The summed E-state index contributed by atoms with van der Waals surface area (Å²) in [7, 11) is 1.90. The summed E-state index contributed by atoms with van der Waals surface area (Å²) in [6.07, 6.45) is 2.97. The van der Waals surface area contributed by atoms with Gasteiger partial charge in [-0.1, -0.05) is 0 Å². The van der Waals surface area contributed by atoms with E-state index in [1.807, 2.05) is 19.3 Å². The minimum atomic E-state index is 0.0312. The molecule has 1 aromatic heterocycles. The molecule has 0 amide bonds. The van der Waals surface area contributed by atoms with E-state index in [1.165, 1.54) is 0 Å². The zero-order valence-electron chi connectivity index (χ0n) is 7.81. The predicted octanol–water partition coefficient (Wildman–Crippen LogP) is 0.456. The van der Waals surface area contributed by atoms with Gasteiger partial charge in [-0.15, -0.1) is 0 Å². The van der Waals surface area contributed by atoms with Crippen molar-refractivity contribution in [3.05, 3.63) is 18.0 Å². The lowest BCUT2D eigenvalue weighted by molar-refractivity contribution is 0.180. The summed E-state index contributed by atoms with van der Waals surface area (Å²) in [5.41, 5.74) is 7.03. The first-order valence-corrected chi connectivity index (χ1v) is 4.60. The third-order valence-corrected chi connectivity index (χ3v) is 2.55. The Morgan fingerprint density at radius 3 is 3.15 bits per heavy atom. The second-order valence-corrected chi connectivity index (χ2v) is 3.56. The van der Waals surface area contributed by atoms with Gasteiger partial charge in [-0.05, 0) is 12.5 Å². The van der Waals surface area contributed by atoms with Crippen LogP contribution in [0.4, 0.5) is 0 Å². The Bertz CT molecular complexity index is 278. The second kappa shape index (κ2) is 3.47. The van der Waals surface area contributed by atoms with Crippen molar-refractivity contribution in [2.45, 2.75) is 12.5 Å². The summed E-state index contributed by atoms with van der Waals surface area (Å²) in [5, 5.41) is 4.29. The van der Waals surface area contributed by atoms with Crippen LogP contribution in [-0.2, 0) is 11.8 Å². The molecule has 72 valence electrons. The van der Waals surface area contributed by atoms with Crippen LogP contribution in [0, 0.1) is 5.92 Å². The van der Waals surface area contributed by atoms with Crippen molar-refractivity contribution in [3.63, 3.8) is 0 Å². The number of hydrogen-bond donors (Lipinski definition) is 1. The Kier molecular flexibility index (Phi) is 2.33. The maximum atomic E-state index is 6.06. The largest absolute Gasteiger partial charge is 0.381 e. The Morgan fingerprint density at radius 1 is 1.77 bits per heavy atom. The smallest absolute Gasteiger partial charge is 0.0795 e. The summed E-state index contributed by atoms with van der Waals surface area (Å²) in [4.78, 5) is 0. The molecule has 0 bridgehead atoms. The van der Waals surface area contributed by atoms with E-state index in [1.54, 1.807) is 4.68 Å². The standard InChI is InChI=1S/C9H15N3O/c1-12-4-2-8(11-12)9(10)7-3-5-13-6-7/h2,4,7,9H,3,5-6,10H2,1H3. The quantitative estimate of drug-likeness (QED) is 0.721. The molecular formula is C9H15N3O. The van der Waals surface area contributed by atoms with Gasteiger partial charge in [-0.3, -0.25) is 4.68 Å². The van der Waals surface area contributed by atoms with E-state index < -0.39 is 0 Å². The van der Waals surface area contributed by atoms with Crippen molar-refractivity contribution in [1.29, 1.82) is 0 Å². The average Bonchev–Trinajstić information content (AvgIpc) is 2.72. The Hall–Kier alpha value is -0.870. The van der Waals surface area contributed by atoms with Crippen LogP contribution in [0.25, 0.3) is 0 Å². The van der Waals surface area contributed by atoms with E-state index in [9.17, 15) is 0 Å². The molecule has 2 atom stereocenters. The van der Waals surface area contributed by atoms with Gasteiger partial charge in [0.2, 0.25) is 0 Å². The molecule has 1 aliphatic rings. The van der Waals surface area contributed by atoms with Crippen molar-refractivity contribution in [2.24, 2.45) is 18.7 Å². The Balaban J connectivity index is 2.07. The molecule has 1 aliphatic heterocycles. The first kappa shape index (κ1) is 8.72. The van der Waals surface area contributed by atoms with E-state index in [4.69, 9.17) is 10.5 Å². The summed E-state index contributed by atoms with van der Waals surface area (Å²) in [5.74, 6) is 0.440. The van der Waals surface area contributed by atoms with E-state index >= 15 is 0 Å². The van der Waals surface area contributed by atoms with Crippen molar-refractivity contribution in [3.8, 4) is 0 Å². The lowest BCUT2D eigenvalue weighted by Gasteiger charge is -2.14. The van der Waals surface area contributed by atoms with Crippen molar-refractivity contribution < 1.29 is 4.74 Å². The van der Waals surface area contributed by atoms with Crippen molar-refractivity contribution in [2.75, 3.05) is 13.2 Å². The highest BCUT2D eigenvalue weighted by molar-refractivity contribution is 5.06. The Labute approximate surface area is 77.7 Å². The lowest BCUT2D eigenvalue weighted by atomic mass is 9.97. The van der Waals surface area contributed by atoms with Gasteiger partial charge < -0.3 is 10.5 Å². The molecule has 1 saturated heterocycles. The van der Waals surface area contributed by atoms with Crippen LogP contribution in [0.5, 0.6) is 0 Å². The predicted molar refractivity (Wildman–Crippen MR) is 49.1 cm³/mol. The van der Waals surface area contributed by atoms with Gasteiger partial charge in [-0.2, -0.15) is 5.10 Å². The molecule has 4 nitrogen and oxygen atoms in total. The molecule has 13 heavy (non-hydrogen) atoms. The molecule has 1 aromatic rings. The third-order valence-electron chi connectivity index (χ3n) is 2.55. The summed E-state index contributed by atoms with van der Waals surface area (Å²) in [6, 6.07) is 2.01. The zero-order valence-corrected chi connectivity index (χ0v) is 7.81. The molecular weight excluding hydrogens is 166 g/mol. The fourth-order valence-corrected chi connectivity index (χ4v) is 1.69. The normalized spacial score (nSPS) is 24.9. The number of rotatable bonds is 2. The van der Waals surface area contributed by atoms with Crippen LogP contribution in [0.1, 0.15) is 18.2 Å². The molecule has 2 unspecified atom stereocenters. The fourth-order valence-electron chi connectivity index (χ4n) is 1.69. The SMILES string of the molecule is Cn1ccc(C(N)C2CCOC2)n1. The summed E-state index contributed by atoms with van der Waals surface area (Å²) >= 11 is 0. The molecule has 2 heterocycles. The number of nitrogens with zero attached hydrogens (tertiary/aromatic N) is 2. The number of ether oxygens (including phenoxy) is 1. The van der Waals surface area contributed by atoms with E-state index in [-0.39, 0.29) is 6.04 Å². The molecule has 0 aromatic carbocycles. The maximum absolute atomic E-state index is 6.06. The van der Waals surface area contributed by atoms with Gasteiger partial charge in [0.25, 0.3) is 0 Å².